The minimum absolute atomic E-state index is 0.0496. The second kappa shape index (κ2) is 10.4. The molecule has 1 saturated heterocycles. The average molecular weight is 467 g/mol. The Kier molecular flexibility index (Phi) is 7.29. The van der Waals surface area contributed by atoms with E-state index >= 15 is 0 Å². The van der Waals surface area contributed by atoms with Crippen molar-refractivity contribution in [2.45, 2.75) is 38.8 Å². The van der Waals surface area contributed by atoms with E-state index in [1.807, 2.05) is 33.9 Å². The Hall–Kier alpha value is -3.23. The quantitative estimate of drug-likeness (QED) is 0.553. The van der Waals surface area contributed by atoms with Gasteiger partial charge in [-0.15, -0.1) is 0 Å². The van der Waals surface area contributed by atoms with E-state index in [2.05, 4.69) is 5.32 Å². The van der Waals surface area contributed by atoms with Gasteiger partial charge in [-0.1, -0.05) is 18.2 Å². The van der Waals surface area contributed by atoms with Crippen LogP contribution in [0.4, 0.5) is 10.1 Å². The first-order valence-electron chi connectivity index (χ1n) is 11.6. The van der Waals surface area contributed by atoms with E-state index < -0.39 is 0 Å². The number of ether oxygens (including phenoxy) is 1. The number of fused-ring (bicyclic) bond motifs is 1. The first-order valence-corrected chi connectivity index (χ1v) is 11.6. The number of likely N-dealkylation sites (tertiary alicyclic amines) is 1. The highest BCUT2D eigenvalue weighted by Crippen LogP contribution is 2.34. The lowest BCUT2D eigenvalue weighted by atomic mass is 9.88. The molecule has 1 aliphatic heterocycles. The average Bonchev–Trinajstić information content (AvgIpc) is 3.22. The molecule has 0 atom stereocenters. The van der Waals surface area contributed by atoms with Crippen molar-refractivity contribution in [3.8, 4) is 0 Å². The number of rotatable bonds is 7. The minimum Gasteiger partial charge on any atom is -0.383 e. The van der Waals surface area contributed by atoms with Gasteiger partial charge >= 0.3 is 0 Å². The number of methoxy groups -OCH3 is 1. The molecule has 0 spiro atoms. The smallest absolute Gasteiger partial charge is 0.256 e. The van der Waals surface area contributed by atoms with Gasteiger partial charge in [-0.05, 0) is 48.1 Å². The van der Waals surface area contributed by atoms with Crippen molar-refractivity contribution in [1.29, 1.82) is 0 Å². The lowest BCUT2D eigenvalue weighted by Gasteiger charge is -2.32. The SMILES string of the molecule is COCCn1cc(C(=O)N2CCC(c3cc(CN)ccc3F)CC2)c2c(NC(C)=O)cccc21. The van der Waals surface area contributed by atoms with Crippen LogP contribution >= 0.6 is 0 Å². The van der Waals surface area contributed by atoms with Crippen molar-refractivity contribution in [1.82, 2.24) is 9.47 Å². The summed E-state index contributed by atoms with van der Waals surface area (Å²) in [7, 11) is 1.64. The van der Waals surface area contributed by atoms with Gasteiger partial charge in [0.1, 0.15) is 5.82 Å². The van der Waals surface area contributed by atoms with Crippen LogP contribution in [0, 0.1) is 5.82 Å². The van der Waals surface area contributed by atoms with E-state index in [1.54, 1.807) is 19.2 Å². The van der Waals surface area contributed by atoms with E-state index in [-0.39, 0.29) is 23.5 Å². The number of aromatic nitrogens is 1. The first-order chi connectivity index (χ1) is 16.4. The topological polar surface area (TPSA) is 89.6 Å². The molecule has 2 heterocycles. The summed E-state index contributed by atoms with van der Waals surface area (Å²) >= 11 is 0. The summed E-state index contributed by atoms with van der Waals surface area (Å²) in [4.78, 5) is 27.2. The number of benzene rings is 2. The summed E-state index contributed by atoms with van der Waals surface area (Å²) in [5, 5.41) is 3.58. The molecule has 3 N–H and O–H groups in total. The lowest BCUT2D eigenvalue weighted by Crippen LogP contribution is -2.38. The molecule has 0 bridgehead atoms. The summed E-state index contributed by atoms with van der Waals surface area (Å²) in [5.74, 6) is -0.455. The van der Waals surface area contributed by atoms with Crippen molar-refractivity contribution in [2.75, 3.05) is 32.1 Å². The number of nitrogens with zero attached hydrogens (tertiary/aromatic N) is 2. The van der Waals surface area contributed by atoms with E-state index in [4.69, 9.17) is 10.5 Å². The van der Waals surface area contributed by atoms with Gasteiger partial charge in [0, 0.05) is 51.8 Å². The van der Waals surface area contributed by atoms with Crippen LogP contribution in [0.25, 0.3) is 10.9 Å². The lowest BCUT2D eigenvalue weighted by molar-refractivity contribution is -0.114. The van der Waals surface area contributed by atoms with Gasteiger partial charge in [-0.25, -0.2) is 4.39 Å². The van der Waals surface area contributed by atoms with Gasteiger partial charge in [0.2, 0.25) is 5.91 Å². The van der Waals surface area contributed by atoms with Crippen LogP contribution in [0.1, 0.15) is 47.2 Å². The van der Waals surface area contributed by atoms with Gasteiger partial charge in [0.05, 0.1) is 23.4 Å². The zero-order valence-electron chi connectivity index (χ0n) is 19.6. The van der Waals surface area contributed by atoms with Crippen LogP contribution in [-0.2, 0) is 22.6 Å². The normalized spacial score (nSPS) is 14.5. The molecule has 4 rings (SSSR count). The first kappa shape index (κ1) is 23.9. The van der Waals surface area contributed by atoms with E-state index in [0.29, 0.717) is 62.4 Å². The number of amides is 2. The Bertz CT molecular complexity index is 1200. The molecule has 1 aromatic heterocycles. The number of nitrogens with two attached hydrogens (primary N) is 1. The number of anilines is 1. The number of carbonyl (C=O) groups excluding carboxylic acids is 2. The van der Waals surface area contributed by atoms with Crippen LogP contribution in [0.2, 0.25) is 0 Å². The molecule has 0 aliphatic carbocycles. The molecule has 34 heavy (non-hydrogen) atoms. The summed E-state index contributed by atoms with van der Waals surface area (Å²) in [5.41, 5.74) is 9.34. The van der Waals surface area contributed by atoms with Crippen LogP contribution < -0.4 is 11.1 Å². The van der Waals surface area contributed by atoms with E-state index in [9.17, 15) is 14.0 Å². The van der Waals surface area contributed by atoms with Gasteiger partial charge in [0.25, 0.3) is 5.91 Å². The van der Waals surface area contributed by atoms with Crippen LogP contribution in [0.3, 0.4) is 0 Å². The molecule has 8 heteroatoms. The minimum atomic E-state index is -0.219. The molecule has 1 aliphatic rings. The predicted molar refractivity (Wildman–Crippen MR) is 130 cm³/mol. The maximum Gasteiger partial charge on any atom is 0.256 e. The molecular formula is C26H31FN4O3. The third-order valence-electron chi connectivity index (χ3n) is 6.50. The molecule has 3 aromatic rings. The van der Waals surface area contributed by atoms with Crippen LogP contribution in [0.5, 0.6) is 0 Å². The molecule has 0 radical (unpaired) electrons. The number of hydrogen-bond acceptors (Lipinski definition) is 4. The fourth-order valence-corrected chi connectivity index (χ4v) is 4.78. The van der Waals surface area contributed by atoms with E-state index in [0.717, 1.165) is 16.5 Å². The zero-order valence-corrected chi connectivity index (χ0v) is 19.6. The fourth-order valence-electron chi connectivity index (χ4n) is 4.78. The monoisotopic (exact) mass is 466 g/mol. The van der Waals surface area contributed by atoms with Crippen molar-refractivity contribution < 1.29 is 18.7 Å². The highest BCUT2D eigenvalue weighted by molar-refractivity contribution is 6.13. The molecule has 2 amide bonds. The number of hydrogen-bond donors (Lipinski definition) is 2. The zero-order chi connectivity index (χ0) is 24.2. The molecule has 2 aromatic carbocycles. The number of piperidine rings is 1. The Morgan fingerprint density at radius 3 is 2.65 bits per heavy atom. The van der Waals surface area contributed by atoms with Crippen molar-refractivity contribution in [3.05, 3.63) is 65.1 Å². The third-order valence-corrected chi connectivity index (χ3v) is 6.50. The Morgan fingerprint density at radius 1 is 1.21 bits per heavy atom. The standard InChI is InChI=1S/C26H31FN4O3/c1-17(32)29-23-4-3-5-24-25(23)21(16-31(24)12-13-34-2)26(33)30-10-8-19(9-11-30)20-14-18(15-28)6-7-22(20)27/h3-7,14,16,19H,8-13,15,28H2,1-2H3,(H,29,32). The summed E-state index contributed by atoms with van der Waals surface area (Å²) in [6.45, 7) is 3.97. The highest BCUT2D eigenvalue weighted by Gasteiger charge is 2.28. The van der Waals surface area contributed by atoms with Crippen molar-refractivity contribution >= 4 is 28.4 Å². The Balaban J connectivity index is 1.60. The Labute approximate surface area is 198 Å². The number of halogens is 1. The maximum atomic E-state index is 14.5. The molecule has 7 nitrogen and oxygen atoms in total. The molecule has 0 unspecified atom stereocenters. The summed E-state index contributed by atoms with van der Waals surface area (Å²) < 4.78 is 21.7. The van der Waals surface area contributed by atoms with Gasteiger partial charge < -0.3 is 25.3 Å². The number of carbonyl (C=O) groups is 2. The molecular weight excluding hydrogens is 435 g/mol. The van der Waals surface area contributed by atoms with Crippen LogP contribution in [-0.4, -0.2) is 48.1 Å². The second-order valence-corrected chi connectivity index (χ2v) is 8.74. The van der Waals surface area contributed by atoms with Gasteiger partial charge in [-0.3, -0.25) is 9.59 Å². The van der Waals surface area contributed by atoms with Crippen molar-refractivity contribution in [2.24, 2.45) is 5.73 Å². The predicted octanol–water partition coefficient (Wildman–Crippen LogP) is 3.86. The number of nitrogens with one attached hydrogen (secondary N) is 1. The largest absolute Gasteiger partial charge is 0.383 e. The van der Waals surface area contributed by atoms with Crippen molar-refractivity contribution in [3.63, 3.8) is 0 Å². The fraction of sp³-hybridized carbons (Fsp3) is 0.385. The molecule has 0 saturated carbocycles. The second-order valence-electron chi connectivity index (χ2n) is 8.74. The van der Waals surface area contributed by atoms with E-state index in [1.165, 1.54) is 13.0 Å². The summed E-state index contributed by atoms with van der Waals surface area (Å²) in [6, 6.07) is 10.6. The van der Waals surface area contributed by atoms with Gasteiger partial charge in [0.15, 0.2) is 0 Å². The van der Waals surface area contributed by atoms with Crippen LogP contribution in [0.15, 0.2) is 42.6 Å². The Morgan fingerprint density at radius 2 is 1.97 bits per heavy atom. The summed E-state index contributed by atoms with van der Waals surface area (Å²) in [6.07, 6.45) is 3.20. The third kappa shape index (κ3) is 4.83. The molecule has 180 valence electrons. The highest BCUT2D eigenvalue weighted by atomic mass is 19.1. The molecule has 1 fully saturated rings. The van der Waals surface area contributed by atoms with Gasteiger partial charge in [-0.2, -0.15) is 0 Å². The maximum absolute atomic E-state index is 14.5.